The molecule has 8 nitrogen and oxygen atoms in total. The first kappa shape index (κ1) is 24.3. The molecule has 0 saturated carbocycles. The smallest absolute Gasteiger partial charge is 0.241 e. The molecule has 0 radical (unpaired) electrons. The molecule has 0 saturated heterocycles. The summed E-state index contributed by atoms with van der Waals surface area (Å²) in [5.41, 5.74) is 0.797. The van der Waals surface area contributed by atoms with E-state index in [9.17, 15) is 21.6 Å². The van der Waals surface area contributed by atoms with Crippen molar-refractivity contribution in [2.75, 3.05) is 6.54 Å². The van der Waals surface area contributed by atoms with Crippen LogP contribution in [0.25, 0.3) is 0 Å². The molecule has 0 aliphatic carbocycles. The molecule has 2 aromatic carbocycles. The first-order valence-corrected chi connectivity index (χ1v) is 12.5. The Bertz CT molecular complexity index is 1080. The number of amides is 1. The van der Waals surface area contributed by atoms with Crippen LogP contribution < -0.4 is 15.2 Å². The third kappa shape index (κ3) is 6.78. The summed E-state index contributed by atoms with van der Waals surface area (Å²) in [5.74, 6) is -0.746. The number of halogens is 1. The Morgan fingerprint density at radius 2 is 1.50 bits per heavy atom. The van der Waals surface area contributed by atoms with Gasteiger partial charge in [-0.1, -0.05) is 37.6 Å². The fourth-order valence-corrected chi connectivity index (χ4v) is 4.61. The Morgan fingerprint density at radius 1 is 0.967 bits per heavy atom. The molecule has 0 heterocycles. The van der Waals surface area contributed by atoms with Crippen LogP contribution in [0.2, 0.25) is 5.02 Å². The summed E-state index contributed by atoms with van der Waals surface area (Å²) in [4.78, 5) is 12.6. The highest BCUT2D eigenvalue weighted by Gasteiger charge is 2.28. The number of primary sulfonamides is 1. The number of sulfonamides is 2. The standard InChI is InChI=1S/C19H24ClN3O5S2/c1-13(2)18(23-30(27,28)17-9-5-15(20)6-10-17)19(24)22-12-11-14-3-7-16(8-4-14)29(21,25)26/h3-10,13,18,23H,11-12H2,1-2H3,(H,22,24)(H2,21,25,26)/t18-/m1/s1. The van der Waals surface area contributed by atoms with Crippen LogP contribution in [0.5, 0.6) is 0 Å². The fraction of sp³-hybridized carbons (Fsp3) is 0.316. The topological polar surface area (TPSA) is 135 Å². The van der Waals surface area contributed by atoms with Gasteiger partial charge in [-0.05, 0) is 54.3 Å². The number of nitrogens with one attached hydrogen (secondary N) is 2. The third-order valence-electron chi connectivity index (χ3n) is 4.32. The van der Waals surface area contributed by atoms with Gasteiger partial charge in [-0.2, -0.15) is 4.72 Å². The predicted molar refractivity (Wildman–Crippen MR) is 115 cm³/mol. The molecule has 4 N–H and O–H groups in total. The van der Waals surface area contributed by atoms with Crippen molar-refractivity contribution in [1.82, 2.24) is 10.0 Å². The summed E-state index contributed by atoms with van der Waals surface area (Å²) < 4.78 is 50.1. The summed E-state index contributed by atoms with van der Waals surface area (Å²) in [6.07, 6.45) is 0.436. The van der Waals surface area contributed by atoms with Crippen molar-refractivity contribution in [2.45, 2.75) is 36.1 Å². The predicted octanol–water partition coefficient (Wildman–Crippen LogP) is 1.65. The molecule has 1 amide bonds. The molecule has 11 heteroatoms. The highest BCUT2D eigenvalue weighted by atomic mass is 35.5. The second kappa shape index (κ2) is 9.88. The van der Waals surface area contributed by atoms with E-state index in [0.29, 0.717) is 11.4 Å². The quantitative estimate of drug-likeness (QED) is 0.508. The fourth-order valence-electron chi connectivity index (χ4n) is 2.63. The number of hydrogen-bond acceptors (Lipinski definition) is 5. The zero-order valence-corrected chi connectivity index (χ0v) is 18.9. The van der Waals surface area contributed by atoms with E-state index in [1.165, 1.54) is 36.4 Å². The van der Waals surface area contributed by atoms with E-state index < -0.39 is 32.0 Å². The van der Waals surface area contributed by atoms with Gasteiger partial charge in [0.25, 0.3) is 0 Å². The molecule has 0 aliphatic rings. The minimum atomic E-state index is -3.90. The van der Waals surface area contributed by atoms with Crippen molar-refractivity contribution in [1.29, 1.82) is 0 Å². The molecule has 2 rings (SSSR count). The van der Waals surface area contributed by atoms with Crippen molar-refractivity contribution < 1.29 is 21.6 Å². The lowest BCUT2D eigenvalue weighted by Crippen LogP contribution is -2.49. The van der Waals surface area contributed by atoms with Gasteiger partial charge < -0.3 is 5.32 Å². The van der Waals surface area contributed by atoms with Crippen molar-refractivity contribution in [3.8, 4) is 0 Å². The van der Waals surface area contributed by atoms with Crippen LogP contribution in [0.15, 0.2) is 58.3 Å². The summed E-state index contributed by atoms with van der Waals surface area (Å²) in [6, 6.07) is 10.7. The van der Waals surface area contributed by atoms with Gasteiger partial charge in [0.05, 0.1) is 9.79 Å². The number of nitrogens with two attached hydrogens (primary N) is 1. The van der Waals surface area contributed by atoms with Crippen LogP contribution in [0.1, 0.15) is 19.4 Å². The highest BCUT2D eigenvalue weighted by molar-refractivity contribution is 7.89. The lowest BCUT2D eigenvalue weighted by Gasteiger charge is -2.21. The SMILES string of the molecule is CC(C)[C@@H](NS(=O)(=O)c1ccc(Cl)cc1)C(=O)NCCc1ccc(S(N)(=O)=O)cc1. The van der Waals surface area contributed by atoms with Gasteiger partial charge in [0.15, 0.2) is 0 Å². The van der Waals surface area contributed by atoms with E-state index >= 15 is 0 Å². The van der Waals surface area contributed by atoms with Crippen LogP contribution >= 0.6 is 11.6 Å². The van der Waals surface area contributed by atoms with Crippen molar-refractivity contribution in [3.63, 3.8) is 0 Å². The van der Waals surface area contributed by atoms with E-state index in [0.717, 1.165) is 5.56 Å². The Morgan fingerprint density at radius 3 is 2.00 bits per heavy atom. The molecule has 0 bridgehead atoms. The average Bonchev–Trinajstić information content (AvgIpc) is 2.66. The molecule has 0 fully saturated rings. The van der Waals surface area contributed by atoms with Crippen molar-refractivity contribution in [2.24, 2.45) is 11.1 Å². The first-order valence-electron chi connectivity index (χ1n) is 9.07. The van der Waals surface area contributed by atoms with Gasteiger partial charge in [-0.15, -0.1) is 0 Å². The maximum absolute atomic E-state index is 12.6. The Labute approximate surface area is 181 Å². The van der Waals surface area contributed by atoms with Crippen LogP contribution in [0.4, 0.5) is 0 Å². The van der Waals surface area contributed by atoms with Gasteiger partial charge in [0.1, 0.15) is 6.04 Å². The van der Waals surface area contributed by atoms with Gasteiger partial charge in [0.2, 0.25) is 26.0 Å². The third-order valence-corrected chi connectivity index (χ3v) is 6.96. The maximum atomic E-state index is 12.6. The minimum Gasteiger partial charge on any atom is -0.354 e. The average molecular weight is 474 g/mol. The van der Waals surface area contributed by atoms with Gasteiger partial charge >= 0.3 is 0 Å². The number of carbonyl (C=O) groups is 1. The van der Waals surface area contributed by atoms with Crippen molar-refractivity contribution in [3.05, 3.63) is 59.1 Å². The Kier molecular flexibility index (Phi) is 8.00. The van der Waals surface area contributed by atoms with E-state index in [-0.39, 0.29) is 22.3 Å². The van der Waals surface area contributed by atoms with E-state index in [2.05, 4.69) is 10.0 Å². The molecular formula is C19H24ClN3O5S2. The van der Waals surface area contributed by atoms with Crippen molar-refractivity contribution >= 4 is 37.6 Å². The number of carbonyl (C=O) groups excluding carboxylic acids is 1. The number of rotatable bonds is 9. The Hall–Kier alpha value is -1.98. The summed E-state index contributed by atoms with van der Waals surface area (Å²) in [5, 5.41) is 8.18. The van der Waals surface area contributed by atoms with Crippen LogP contribution in [0, 0.1) is 5.92 Å². The zero-order chi connectivity index (χ0) is 22.5. The second-order valence-electron chi connectivity index (χ2n) is 7.03. The number of hydrogen-bond donors (Lipinski definition) is 3. The minimum absolute atomic E-state index is 0.00626. The molecule has 1 atom stereocenters. The lowest BCUT2D eigenvalue weighted by molar-refractivity contribution is -0.123. The normalized spacial score (nSPS) is 13.2. The van der Waals surface area contributed by atoms with Crippen LogP contribution in [-0.4, -0.2) is 35.3 Å². The van der Waals surface area contributed by atoms with Crippen LogP contribution in [0.3, 0.4) is 0 Å². The number of benzene rings is 2. The maximum Gasteiger partial charge on any atom is 0.241 e. The van der Waals surface area contributed by atoms with Crippen LogP contribution in [-0.2, 0) is 31.3 Å². The Balaban J connectivity index is 1.99. The molecular weight excluding hydrogens is 450 g/mol. The summed E-state index contributed by atoms with van der Waals surface area (Å²) in [7, 11) is -7.66. The van der Waals surface area contributed by atoms with Gasteiger partial charge in [-0.25, -0.2) is 22.0 Å². The van der Waals surface area contributed by atoms with E-state index in [1.54, 1.807) is 26.0 Å². The molecule has 0 spiro atoms. The molecule has 164 valence electrons. The molecule has 0 unspecified atom stereocenters. The highest BCUT2D eigenvalue weighted by Crippen LogP contribution is 2.16. The van der Waals surface area contributed by atoms with Gasteiger partial charge in [0, 0.05) is 11.6 Å². The summed E-state index contributed by atoms with van der Waals surface area (Å²) >= 11 is 5.79. The second-order valence-corrected chi connectivity index (χ2v) is 10.7. The molecule has 0 aliphatic heterocycles. The largest absolute Gasteiger partial charge is 0.354 e. The lowest BCUT2D eigenvalue weighted by atomic mass is 10.0. The first-order chi connectivity index (χ1) is 13.9. The summed E-state index contributed by atoms with van der Waals surface area (Å²) in [6.45, 7) is 3.72. The zero-order valence-electron chi connectivity index (χ0n) is 16.5. The molecule has 0 aromatic heterocycles. The molecule has 30 heavy (non-hydrogen) atoms. The van der Waals surface area contributed by atoms with E-state index in [1.807, 2.05) is 0 Å². The van der Waals surface area contributed by atoms with E-state index in [4.69, 9.17) is 16.7 Å². The monoisotopic (exact) mass is 473 g/mol. The van der Waals surface area contributed by atoms with Gasteiger partial charge in [-0.3, -0.25) is 4.79 Å². The molecule has 2 aromatic rings.